The van der Waals surface area contributed by atoms with Crippen LogP contribution in [0.25, 0.3) is 0 Å². The van der Waals surface area contributed by atoms with Crippen molar-refractivity contribution >= 4 is 0 Å². The summed E-state index contributed by atoms with van der Waals surface area (Å²) in [7, 11) is 2.14. The Hall–Kier alpha value is -0.860. The minimum Gasteiger partial charge on any atom is -0.391 e. The lowest BCUT2D eigenvalue weighted by Crippen LogP contribution is -2.40. The van der Waals surface area contributed by atoms with Crippen molar-refractivity contribution in [2.24, 2.45) is 0 Å². The Morgan fingerprint density at radius 3 is 2.50 bits per heavy atom. The summed E-state index contributed by atoms with van der Waals surface area (Å²) in [5.41, 5.74) is 2.63. The minimum atomic E-state index is -0.150. The lowest BCUT2D eigenvalue weighted by Gasteiger charge is -2.30. The van der Waals surface area contributed by atoms with Gasteiger partial charge in [0.25, 0.3) is 0 Å². The molecule has 0 saturated heterocycles. The zero-order valence-corrected chi connectivity index (χ0v) is 11.6. The molecule has 0 amide bonds. The van der Waals surface area contributed by atoms with Crippen LogP contribution in [-0.4, -0.2) is 29.2 Å². The molecule has 2 nitrogen and oxygen atoms in total. The molecular weight excluding hydrogens is 222 g/mol. The molecule has 0 radical (unpaired) electrons. The van der Waals surface area contributed by atoms with Crippen molar-refractivity contribution in [2.75, 3.05) is 7.05 Å². The van der Waals surface area contributed by atoms with E-state index >= 15 is 0 Å². The topological polar surface area (TPSA) is 23.5 Å². The van der Waals surface area contributed by atoms with Gasteiger partial charge >= 0.3 is 0 Å². The minimum absolute atomic E-state index is 0.150. The Morgan fingerprint density at radius 2 is 1.78 bits per heavy atom. The van der Waals surface area contributed by atoms with E-state index in [1.165, 1.54) is 30.4 Å². The molecular formula is C16H25NO. The average Bonchev–Trinajstić information content (AvgIpc) is 2.57. The summed E-state index contributed by atoms with van der Waals surface area (Å²) in [5, 5.41) is 10.2. The second-order valence-electron chi connectivity index (χ2n) is 5.67. The molecule has 1 aromatic rings. The van der Waals surface area contributed by atoms with E-state index in [1.807, 2.05) is 0 Å². The molecule has 2 atom stereocenters. The number of benzene rings is 1. The summed E-state index contributed by atoms with van der Waals surface area (Å²) in [6.07, 6.45) is 5.64. The summed E-state index contributed by atoms with van der Waals surface area (Å²) in [6.45, 7) is 3.05. The van der Waals surface area contributed by atoms with E-state index < -0.39 is 0 Å². The molecule has 2 rings (SSSR count). The number of hydrogen-bond donors (Lipinski definition) is 1. The van der Waals surface area contributed by atoms with Gasteiger partial charge in [-0.2, -0.15) is 0 Å². The third kappa shape index (κ3) is 3.56. The molecule has 1 fully saturated rings. The maximum absolute atomic E-state index is 10.2. The first-order valence-corrected chi connectivity index (χ1v) is 7.10. The van der Waals surface area contributed by atoms with Gasteiger partial charge in [0.15, 0.2) is 0 Å². The van der Waals surface area contributed by atoms with E-state index in [0.29, 0.717) is 6.04 Å². The van der Waals surface area contributed by atoms with Gasteiger partial charge in [-0.3, -0.25) is 4.90 Å². The second-order valence-corrected chi connectivity index (χ2v) is 5.67. The van der Waals surface area contributed by atoms with Crippen molar-refractivity contribution in [3.05, 3.63) is 35.4 Å². The fraction of sp³-hybridized carbons (Fsp3) is 0.625. The van der Waals surface area contributed by atoms with Gasteiger partial charge in [0.05, 0.1) is 6.10 Å². The first-order valence-electron chi connectivity index (χ1n) is 7.10. The van der Waals surface area contributed by atoms with Gasteiger partial charge in [-0.05, 0) is 32.4 Å². The Bertz CT molecular complexity index is 360. The Balaban J connectivity index is 1.97. The van der Waals surface area contributed by atoms with Gasteiger partial charge in [0, 0.05) is 12.6 Å². The number of nitrogens with zero attached hydrogens (tertiary/aromatic N) is 1. The van der Waals surface area contributed by atoms with Crippen LogP contribution in [0.5, 0.6) is 0 Å². The third-order valence-corrected chi connectivity index (χ3v) is 4.06. The van der Waals surface area contributed by atoms with Crippen molar-refractivity contribution in [1.29, 1.82) is 0 Å². The van der Waals surface area contributed by atoms with Crippen LogP contribution < -0.4 is 0 Å². The zero-order chi connectivity index (χ0) is 13.0. The molecule has 0 aromatic heterocycles. The number of hydrogen-bond acceptors (Lipinski definition) is 2. The third-order valence-electron chi connectivity index (χ3n) is 4.06. The van der Waals surface area contributed by atoms with E-state index in [0.717, 1.165) is 19.4 Å². The van der Waals surface area contributed by atoms with E-state index in [2.05, 4.69) is 43.1 Å². The van der Waals surface area contributed by atoms with E-state index in [4.69, 9.17) is 0 Å². The number of aliphatic hydroxyl groups excluding tert-OH is 1. The Morgan fingerprint density at radius 1 is 1.11 bits per heavy atom. The largest absolute Gasteiger partial charge is 0.391 e. The number of likely N-dealkylation sites (N-methyl/N-ethyl adjacent to an activating group) is 1. The molecule has 1 N–H and O–H groups in total. The number of aryl methyl sites for hydroxylation is 1. The van der Waals surface area contributed by atoms with Crippen LogP contribution in [0.1, 0.15) is 43.2 Å². The molecule has 0 aliphatic heterocycles. The van der Waals surface area contributed by atoms with Crippen molar-refractivity contribution < 1.29 is 5.11 Å². The van der Waals surface area contributed by atoms with Gasteiger partial charge in [-0.15, -0.1) is 0 Å². The Labute approximate surface area is 111 Å². The maximum Gasteiger partial charge on any atom is 0.0695 e. The second kappa shape index (κ2) is 6.35. The van der Waals surface area contributed by atoms with E-state index in [9.17, 15) is 5.11 Å². The van der Waals surface area contributed by atoms with Crippen LogP contribution in [0.2, 0.25) is 0 Å². The molecule has 1 aliphatic carbocycles. The average molecular weight is 247 g/mol. The first kappa shape index (κ1) is 13.6. The quantitative estimate of drug-likeness (QED) is 0.830. The first-order chi connectivity index (χ1) is 8.66. The number of aliphatic hydroxyl groups is 1. The summed E-state index contributed by atoms with van der Waals surface area (Å²) < 4.78 is 0. The predicted molar refractivity (Wildman–Crippen MR) is 75.5 cm³/mol. The fourth-order valence-corrected chi connectivity index (χ4v) is 2.88. The molecule has 1 aromatic carbocycles. The molecule has 1 aliphatic rings. The molecule has 2 heteroatoms. The van der Waals surface area contributed by atoms with Crippen LogP contribution in [-0.2, 0) is 6.54 Å². The lowest BCUT2D eigenvalue weighted by atomic mass is 10.0. The van der Waals surface area contributed by atoms with Gasteiger partial charge in [-0.25, -0.2) is 0 Å². The summed E-state index contributed by atoms with van der Waals surface area (Å²) in [4.78, 5) is 2.32. The lowest BCUT2D eigenvalue weighted by molar-refractivity contribution is 0.0544. The number of rotatable bonds is 3. The van der Waals surface area contributed by atoms with Crippen molar-refractivity contribution in [2.45, 2.75) is 57.7 Å². The van der Waals surface area contributed by atoms with Crippen molar-refractivity contribution in [3.8, 4) is 0 Å². The predicted octanol–water partition coefficient (Wildman–Crippen LogP) is 3.12. The molecule has 2 unspecified atom stereocenters. The molecule has 100 valence electrons. The van der Waals surface area contributed by atoms with Crippen LogP contribution in [0.3, 0.4) is 0 Å². The van der Waals surface area contributed by atoms with Crippen molar-refractivity contribution in [1.82, 2.24) is 4.90 Å². The zero-order valence-electron chi connectivity index (χ0n) is 11.6. The van der Waals surface area contributed by atoms with Gasteiger partial charge in [0.1, 0.15) is 0 Å². The van der Waals surface area contributed by atoms with Gasteiger partial charge < -0.3 is 5.11 Å². The standard InChI is InChI=1S/C16H25NO/c1-13-8-10-14(11-9-13)12-17(2)15-6-4-3-5-7-16(15)18/h8-11,15-16,18H,3-7,12H2,1-2H3. The fourth-order valence-electron chi connectivity index (χ4n) is 2.88. The van der Waals surface area contributed by atoms with Gasteiger partial charge in [0.2, 0.25) is 0 Å². The van der Waals surface area contributed by atoms with Crippen LogP contribution in [0.15, 0.2) is 24.3 Å². The molecule has 18 heavy (non-hydrogen) atoms. The highest BCUT2D eigenvalue weighted by Gasteiger charge is 2.25. The highest BCUT2D eigenvalue weighted by atomic mass is 16.3. The molecule has 0 bridgehead atoms. The Kier molecular flexibility index (Phi) is 4.79. The molecule has 0 heterocycles. The highest BCUT2D eigenvalue weighted by Crippen LogP contribution is 2.22. The molecule has 1 saturated carbocycles. The van der Waals surface area contributed by atoms with Crippen LogP contribution >= 0.6 is 0 Å². The SMILES string of the molecule is Cc1ccc(CN(C)C2CCCCCC2O)cc1. The summed E-state index contributed by atoms with van der Waals surface area (Å²) >= 11 is 0. The molecule has 0 spiro atoms. The summed E-state index contributed by atoms with van der Waals surface area (Å²) in [5.74, 6) is 0. The van der Waals surface area contributed by atoms with Crippen LogP contribution in [0, 0.1) is 6.92 Å². The van der Waals surface area contributed by atoms with E-state index in [-0.39, 0.29) is 6.10 Å². The normalized spacial score (nSPS) is 25.1. The maximum atomic E-state index is 10.2. The smallest absolute Gasteiger partial charge is 0.0695 e. The highest BCUT2D eigenvalue weighted by molar-refractivity contribution is 5.21. The monoisotopic (exact) mass is 247 g/mol. The van der Waals surface area contributed by atoms with Gasteiger partial charge in [-0.1, -0.05) is 49.1 Å². The van der Waals surface area contributed by atoms with E-state index in [1.54, 1.807) is 0 Å². The summed E-state index contributed by atoms with van der Waals surface area (Å²) in [6, 6.07) is 9.03. The van der Waals surface area contributed by atoms with Crippen LogP contribution in [0.4, 0.5) is 0 Å². The van der Waals surface area contributed by atoms with Crippen molar-refractivity contribution in [3.63, 3.8) is 0 Å².